The van der Waals surface area contributed by atoms with Crippen LogP contribution in [0.5, 0.6) is 0 Å². The number of ether oxygens (including phenoxy) is 4. The van der Waals surface area contributed by atoms with Crippen molar-refractivity contribution >= 4 is 5.97 Å². The van der Waals surface area contributed by atoms with Gasteiger partial charge in [-0.15, -0.1) is 0 Å². The van der Waals surface area contributed by atoms with Crippen LogP contribution in [0, 0.1) is 0 Å². The summed E-state index contributed by atoms with van der Waals surface area (Å²) in [6.45, 7) is 4.38. The predicted molar refractivity (Wildman–Crippen MR) is 196 cm³/mol. The number of rotatable bonds is 31. The molecule has 0 amide bonds. The number of aliphatic hydroxyl groups excluding tert-OH is 4. The van der Waals surface area contributed by atoms with Crippen molar-refractivity contribution in [2.24, 2.45) is 0 Å². The smallest absolute Gasteiger partial charge is 0.306 e. The van der Waals surface area contributed by atoms with Gasteiger partial charge in [0.25, 0.3) is 0 Å². The molecule has 49 heavy (non-hydrogen) atoms. The van der Waals surface area contributed by atoms with E-state index in [1.807, 2.05) is 0 Å². The first-order valence-corrected chi connectivity index (χ1v) is 19.2. The molecule has 1 fully saturated rings. The van der Waals surface area contributed by atoms with E-state index in [1.165, 1.54) is 44.9 Å². The highest BCUT2D eigenvalue weighted by Gasteiger charge is 2.44. The van der Waals surface area contributed by atoms with E-state index in [-0.39, 0.29) is 19.2 Å². The number of esters is 1. The van der Waals surface area contributed by atoms with E-state index in [1.54, 1.807) is 0 Å². The monoisotopic (exact) mass is 695 g/mol. The van der Waals surface area contributed by atoms with E-state index >= 15 is 0 Å². The molecule has 1 aliphatic heterocycles. The highest BCUT2D eigenvalue weighted by atomic mass is 16.7. The van der Waals surface area contributed by atoms with Crippen LogP contribution in [0.1, 0.15) is 136 Å². The minimum atomic E-state index is -1.54. The van der Waals surface area contributed by atoms with Crippen molar-refractivity contribution in [3.63, 3.8) is 0 Å². The molecular formula is C40H70O9. The first kappa shape index (κ1) is 45.2. The minimum absolute atomic E-state index is 0.124. The van der Waals surface area contributed by atoms with Gasteiger partial charge in [-0.1, -0.05) is 127 Å². The van der Waals surface area contributed by atoms with Gasteiger partial charge in [0.1, 0.15) is 30.5 Å². The van der Waals surface area contributed by atoms with Crippen LogP contribution in [-0.2, 0) is 23.7 Å². The van der Waals surface area contributed by atoms with E-state index in [9.17, 15) is 25.2 Å². The average Bonchev–Trinajstić information content (AvgIpc) is 3.10. The summed E-state index contributed by atoms with van der Waals surface area (Å²) >= 11 is 0. The summed E-state index contributed by atoms with van der Waals surface area (Å²) in [5, 5.41) is 39.9. The van der Waals surface area contributed by atoms with Gasteiger partial charge in [0.05, 0.1) is 19.8 Å². The van der Waals surface area contributed by atoms with Gasteiger partial charge in [-0.25, -0.2) is 0 Å². The summed E-state index contributed by atoms with van der Waals surface area (Å²) in [4.78, 5) is 12.7. The lowest BCUT2D eigenvalue weighted by Crippen LogP contribution is -2.59. The Morgan fingerprint density at radius 1 is 0.673 bits per heavy atom. The van der Waals surface area contributed by atoms with Gasteiger partial charge in [0.2, 0.25) is 0 Å². The maximum atomic E-state index is 12.7. The highest BCUT2D eigenvalue weighted by molar-refractivity contribution is 5.69. The van der Waals surface area contributed by atoms with Crippen molar-refractivity contribution < 1.29 is 44.2 Å². The minimum Gasteiger partial charge on any atom is -0.457 e. The van der Waals surface area contributed by atoms with Crippen LogP contribution in [0.15, 0.2) is 48.6 Å². The Balaban J connectivity index is 2.34. The number of allylic oxidation sites excluding steroid dienone is 8. The van der Waals surface area contributed by atoms with E-state index in [4.69, 9.17) is 18.9 Å². The van der Waals surface area contributed by atoms with Crippen molar-refractivity contribution in [3.8, 4) is 0 Å². The fourth-order valence-corrected chi connectivity index (χ4v) is 5.48. The molecule has 1 aliphatic rings. The molecule has 0 aliphatic carbocycles. The first-order valence-electron chi connectivity index (χ1n) is 19.2. The maximum Gasteiger partial charge on any atom is 0.306 e. The molecule has 0 spiro atoms. The third-order valence-electron chi connectivity index (χ3n) is 8.51. The Kier molecular flexibility index (Phi) is 29.6. The Hall–Kier alpha value is -1.85. The number of carbonyl (C=O) groups is 1. The van der Waals surface area contributed by atoms with E-state index in [0.717, 1.165) is 70.6 Å². The fourth-order valence-electron chi connectivity index (χ4n) is 5.48. The van der Waals surface area contributed by atoms with Gasteiger partial charge in [-0.2, -0.15) is 0 Å². The summed E-state index contributed by atoms with van der Waals surface area (Å²) in [6.07, 6.45) is 29.9. The molecule has 0 saturated carbocycles. The molecule has 9 nitrogen and oxygen atoms in total. The zero-order chi connectivity index (χ0) is 35.8. The van der Waals surface area contributed by atoms with Crippen LogP contribution in [0.25, 0.3) is 0 Å². The zero-order valence-electron chi connectivity index (χ0n) is 30.7. The summed E-state index contributed by atoms with van der Waals surface area (Å²) in [6, 6.07) is 0. The second-order valence-corrected chi connectivity index (χ2v) is 13.0. The van der Waals surface area contributed by atoms with Crippen molar-refractivity contribution in [1.29, 1.82) is 0 Å². The summed E-state index contributed by atoms with van der Waals surface area (Å²) in [7, 11) is 0. The quantitative estimate of drug-likeness (QED) is 0.0333. The van der Waals surface area contributed by atoms with Gasteiger partial charge in [-0.3, -0.25) is 4.79 Å². The maximum absolute atomic E-state index is 12.7. The van der Waals surface area contributed by atoms with Crippen molar-refractivity contribution in [2.45, 2.75) is 173 Å². The Morgan fingerprint density at radius 3 is 1.88 bits per heavy atom. The Morgan fingerprint density at radius 2 is 1.24 bits per heavy atom. The first-order chi connectivity index (χ1) is 23.9. The lowest BCUT2D eigenvalue weighted by molar-refractivity contribution is -0.305. The zero-order valence-corrected chi connectivity index (χ0v) is 30.7. The lowest BCUT2D eigenvalue weighted by atomic mass is 9.99. The molecule has 1 rings (SSSR count). The third kappa shape index (κ3) is 24.1. The molecule has 1 saturated heterocycles. The van der Waals surface area contributed by atoms with Crippen molar-refractivity contribution in [1.82, 2.24) is 0 Å². The molecule has 0 aromatic carbocycles. The average molecular weight is 695 g/mol. The Labute approximate surface area is 297 Å². The van der Waals surface area contributed by atoms with Gasteiger partial charge < -0.3 is 39.4 Å². The van der Waals surface area contributed by atoms with Gasteiger partial charge >= 0.3 is 5.97 Å². The number of unbranched alkanes of at least 4 members (excludes halogenated alkanes) is 12. The predicted octanol–water partition coefficient (Wildman–Crippen LogP) is 7.41. The number of hydrogen-bond acceptors (Lipinski definition) is 9. The molecule has 6 unspecified atom stereocenters. The van der Waals surface area contributed by atoms with E-state index in [0.29, 0.717) is 13.0 Å². The molecule has 1 heterocycles. The van der Waals surface area contributed by atoms with Crippen LogP contribution in [-0.4, -0.2) is 89.6 Å². The lowest BCUT2D eigenvalue weighted by Gasteiger charge is -2.39. The molecule has 0 radical (unpaired) electrons. The van der Waals surface area contributed by atoms with Gasteiger partial charge in [0, 0.05) is 13.0 Å². The van der Waals surface area contributed by atoms with Crippen LogP contribution in [0.4, 0.5) is 0 Å². The summed E-state index contributed by atoms with van der Waals surface area (Å²) in [5.74, 6) is -0.340. The van der Waals surface area contributed by atoms with E-state index in [2.05, 4.69) is 62.5 Å². The molecule has 6 atom stereocenters. The second kappa shape index (κ2) is 32.1. The van der Waals surface area contributed by atoms with Gasteiger partial charge in [0.15, 0.2) is 6.29 Å². The molecule has 0 aromatic heterocycles. The fraction of sp³-hybridized carbons (Fsp3) is 0.775. The van der Waals surface area contributed by atoms with E-state index < -0.39 is 43.4 Å². The molecule has 284 valence electrons. The van der Waals surface area contributed by atoms with Crippen molar-refractivity contribution in [2.75, 3.05) is 26.4 Å². The Bertz CT molecular complexity index is 885. The van der Waals surface area contributed by atoms with Crippen LogP contribution in [0.2, 0.25) is 0 Å². The summed E-state index contributed by atoms with van der Waals surface area (Å²) in [5.41, 5.74) is 0. The third-order valence-corrected chi connectivity index (χ3v) is 8.51. The molecule has 0 aromatic rings. The van der Waals surface area contributed by atoms with Crippen molar-refractivity contribution in [3.05, 3.63) is 48.6 Å². The van der Waals surface area contributed by atoms with Gasteiger partial charge in [-0.05, 0) is 51.4 Å². The standard InChI is InChI=1S/C40H70O9/c1-3-5-7-9-11-13-14-15-16-17-18-19-20-21-23-25-27-29-36(42)48-34(32-46-30-28-26-24-22-12-10-8-6-4-2)33-47-40-39(45)38(44)37(43)35(31-41)49-40/h5,7,11,13,15-16,18-19,34-35,37-41,43-45H,3-4,6,8-10,12,14,17,20-33H2,1-2H3/b7-5-,13-11-,16-15-,19-18-. The number of carbonyl (C=O) groups excluding carboxylic acids is 1. The van der Waals surface area contributed by atoms with Crippen LogP contribution < -0.4 is 0 Å². The molecule has 9 heteroatoms. The largest absolute Gasteiger partial charge is 0.457 e. The molecular weight excluding hydrogens is 624 g/mol. The molecule has 0 bridgehead atoms. The number of aliphatic hydroxyl groups is 4. The van der Waals surface area contributed by atoms with Crippen LogP contribution in [0.3, 0.4) is 0 Å². The second-order valence-electron chi connectivity index (χ2n) is 13.0. The molecule has 4 N–H and O–H groups in total. The topological polar surface area (TPSA) is 135 Å². The SMILES string of the molecule is CC/C=C\C/C=C\C/C=C\C/C=C\CCCCCCC(=O)OC(COCCCCCCCCCCC)COC1OC(CO)C(O)C(O)C1O. The van der Waals surface area contributed by atoms with Crippen LogP contribution >= 0.6 is 0 Å². The normalized spacial score (nSPS) is 22.3. The summed E-state index contributed by atoms with van der Waals surface area (Å²) < 4.78 is 22.6. The highest BCUT2D eigenvalue weighted by Crippen LogP contribution is 2.22. The number of hydrogen-bond donors (Lipinski definition) is 4.